The molecule has 2 atom stereocenters. The minimum atomic E-state index is -4.26. The Labute approximate surface area is 248 Å². The molecule has 10 nitrogen and oxygen atoms in total. The van der Waals surface area contributed by atoms with Gasteiger partial charge in [0.15, 0.2) is 0 Å². The highest BCUT2D eigenvalue weighted by Crippen LogP contribution is 2.36. The zero-order valence-corrected chi connectivity index (χ0v) is 25.7. The van der Waals surface area contributed by atoms with Crippen molar-refractivity contribution in [1.29, 1.82) is 0 Å². The summed E-state index contributed by atoms with van der Waals surface area (Å²) in [5.74, 6) is 0.323. The van der Waals surface area contributed by atoms with Crippen LogP contribution in [0.15, 0.2) is 77.7 Å². The van der Waals surface area contributed by atoms with Crippen molar-refractivity contribution >= 4 is 27.5 Å². The smallest absolute Gasteiger partial charge is 0.264 e. The number of hydrogen-bond acceptors (Lipinski definition) is 7. The number of rotatable bonds is 14. The first kappa shape index (κ1) is 32.3. The van der Waals surface area contributed by atoms with E-state index in [1.807, 2.05) is 13.8 Å². The Hall–Kier alpha value is -4.25. The van der Waals surface area contributed by atoms with Crippen LogP contribution in [0.1, 0.15) is 32.8 Å². The number of nitrogens with one attached hydrogen (secondary N) is 1. The van der Waals surface area contributed by atoms with E-state index in [0.717, 1.165) is 9.87 Å². The Morgan fingerprint density at radius 3 is 2.05 bits per heavy atom. The largest absolute Gasteiger partial charge is 0.497 e. The SMILES string of the molecule is CCC(C)NC(=O)C(C)N(Cc1ccc(OC)cc1)C(=O)CN(c1cc(OC)ccc1OC)S(=O)(=O)c1ccccc1. The Morgan fingerprint density at radius 1 is 0.857 bits per heavy atom. The molecule has 42 heavy (non-hydrogen) atoms. The van der Waals surface area contributed by atoms with Crippen LogP contribution in [-0.2, 0) is 26.2 Å². The fourth-order valence-electron chi connectivity index (χ4n) is 4.20. The van der Waals surface area contributed by atoms with Crippen LogP contribution >= 0.6 is 0 Å². The zero-order chi connectivity index (χ0) is 30.9. The zero-order valence-electron chi connectivity index (χ0n) is 24.9. The van der Waals surface area contributed by atoms with Gasteiger partial charge in [-0.3, -0.25) is 13.9 Å². The molecule has 0 aliphatic heterocycles. The second kappa shape index (κ2) is 14.6. The van der Waals surface area contributed by atoms with Crippen LogP contribution < -0.4 is 23.8 Å². The van der Waals surface area contributed by atoms with Crippen molar-refractivity contribution in [2.24, 2.45) is 0 Å². The highest BCUT2D eigenvalue weighted by atomic mass is 32.2. The van der Waals surface area contributed by atoms with E-state index in [1.165, 1.54) is 37.3 Å². The minimum Gasteiger partial charge on any atom is -0.497 e. The summed E-state index contributed by atoms with van der Waals surface area (Å²) in [7, 11) is 0.172. The highest BCUT2D eigenvalue weighted by molar-refractivity contribution is 7.92. The molecule has 11 heteroatoms. The van der Waals surface area contributed by atoms with Gasteiger partial charge in [-0.25, -0.2) is 8.42 Å². The van der Waals surface area contributed by atoms with E-state index in [9.17, 15) is 18.0 Å². The van der Waals surface area contributed by atoms with E-state index in [0.29, 0.717) is 17.9 Å². The third-order valence-corrected chi connectivity index (χ3v) is 8.72. The number of carbonyl (C=O) groups excluding carboxylic acids is 2. The minimum absolute atomic E-state index is 0.00746. The molecule has 0 aliphatic carbocycles. The number of methoxy groups -OCH3 is 3. The fraction of sp³-hybridized carbons (Fsp3) is 0.355. The van der Waals surface area contributed by atoms with Gasteiger partial charge in [-0.15, -0.1) is 0 Å². The number of sulfonamides is 1. The monoisotopic (exact) mass is 597 g/mol. The van der Waals surface area contributed by atoms with Crippen molar-refractivity contribution in [2.75, 3.05) is 32.2 Å². The van der Waals surface area contributed by atoms with Crippen LogP contribution in [-0.4, -0.2) is 65.1 Å². The summed E-state index contributed by atoms with van der Waals surface area (Å²) < 4.78 is 45.2. The van der Waals surface area contributed by atoms with E-state index in [2.05, 4.69) is 5.32 Å². The Morgan fingerprint density at radius 2 is 1.48 bits per heavy atom. The molecule has 0 saturated carbocycles. The molecule has 3 aromatic rings. The van der Waals surface area contributed by atoms with Gasteiger partial charge in [-0.2, -0.15) is 0 Å². The van der Waals surface area contributed by atoms with Gasteiger partial charge in [-0.05, 0) is 62.2 Å². The lowest BCUT2D eigenvalue weighted by Crippen LogP contribution is -2.52. The Kier molecular flexibility index (Phi) is 11.2. The summed E-state index contributed by atoms with van der Waals surface area (Å²) in [5.41, 5.74) is 0.860. The molecule has 0 spiro atoms. The molecular weight excluding hydrogens is 558 g/mol. The van der Waals surface area contributed by atoms with Crippen molar-refractivity contribution in [3.8, 4) is 17.2 Å². The number of benzene rings is 3. The quantitative estimate of drug-likeness (QED) is 0.296. The molecule has 2 amide bonds. The third-order valence-electron chi connectivity index (χ3n) is 6.95. The lowest BCUT2D eigenvalue weighted by Gasteiger charge is -2.33. The maximum atomic E-state index is 14.1. The molecule has 226 valence electrons. The van der Waals surface area contributed by atoms with Crippen molar-refractivity contribution in [2.45, 2.75) is 50.7 Å². The van der Waals surface area contributed by atoms with Gasteiger partial charge in [0.1, 0.15) is 29.8 Å². The van der Waals surface area contributed by atoms with Gasteiger partial charge in [0.05, 0.1) is 31.9 Å². The van der Waals surface area contributed by atoms with Gasteiger partial charge < -0.3 is 24.4 Å². The van der Waals surface area contributed by atoms with E-state index in [4.69, 9.17) is 14.2 Å². The average molecular weight is 598 g/mol. The predicted molar refractivity (Wildman–Crippen MR) is 161 cm³/mol. The molecular formula is C31H39N3O7S. The number of ether oxygens (including phenoxy) is 3. The standard InChI is InChI=1S/C31H39N3O7S/c1-7-22(2)32-31(36)23(3)33(20-24-13-15-25(39-4)16-14-24)30(35)21-34(42(37,38)27-11-9-8-10-12-27)28-19-26(40-5)17-18-29(28)41-6/h8-19,22-23H,7,20-21H2,1-6H3,(H,32,36). The summed E-state index contributed by atoms with van der Waals surface area (Å²) in [5, 5.41) is 2.92. The first-order valence-electron chi connectivity index (χ1n) is 13.6. The van der Waals surface area contributed by atoms with Crippen LogP contribution in [0.4, 0.5) is 5.69 Å². The lowest BCUT2D eigenvalue weighted by molar-refractivity contribution is -0.139. The first-order valence-corrected chi connectivity index (χ1v) is 15.0. The van der Waals surface area contributed by atoms with Gasteiger partial charge in [0, 0.05) is 18.7 Å². The normalized spacial score (nSPS) is 12.5. The molecule has 0 aliphatic rings. The maximum absolute atomic E-state index is 14.1. The third kappa shape index (κ3) is 7.73. The second-order valence-corrected chi connectivity index (χ2v) is 11.6. The number of amides is 2. The summed E-state index contributed by atoms with van der Waals surface area (Å²) in [6.45, 7) is 4.92. The van der Waals surface area contributed by atoms with Gasteiger partial charge in [0.2, 0.25) is 11.8 Å². The van der Waals surface area contributed by atoms with Crippen LogP contribution in [0.2, 0.25) is 0 Å². The van der Waals surface area contributed by atoms with Crippen molar-refractivity contribution in [1.82, 2.24) is 10.2 Å². The van der Waals surface area contributed by atoms with Crippen LogP contribution in [0.5, 0.6) is 17.2 Å². The molecule has 1 N–H and O–H groups in total. The molecule has 0 saturated heterocycles. The van der Waals surface area contributed by atoms with Crippen LogP contribution in [0, 0.1) is 0 Å². The number of carbonyl (C=O) groups is 2. The van der Waals surface area contributed by atoms with E-state index >= 15 is 0 Å². The van der Waals surface area contributed by atoms with Gasteiger partial charge >= 0.3 is 0 Å². The van der Waals surface area contributed by atoms with Gasteiger partial charge in [-0.1, -0.05) is 37.3 Å². The molecule has 0 bridgehead atoms. The summed E-state index contributed by atoms with van der Waals surface area (Å²) >= 11 is 0. The number of hydrogen-bond donors (Lipinski definition) is 1. The topological polar surface area (TPSA) is 114 Å². The molecule has 0 radical (unpaired) electrons. The fourth-order valence-corrected chi connectivity index (χ4v) is 5.64. The van der Waals surface area contributed by atoms with Crippen LogP contribution in [0.25, 0.3) is 0 Å². The second-order valence-electron chi connectivity index (χ2n) is 9.73. The Bertz CT molecular complexity index is 1450. The molecule has 0 aromatic heterocycles. The highest BCUT2D eigenvalue weighted by Gasteiger charge is 2.34. The predicted octanol–water partition coefficient (Wildman–Crippen LogP) is 4.24. The van der Waals surface area contributed by atoms with Crippen molar-refractivity contribution < 1.29 is 32.2 Å². The maximum Gasteiger partial charge on any atom is 0.264 e. The summed E-state index contributed by atoms with van der Waals surface area (Å²) in [6.07, 6.45) is 0.712. The van der Waals surface area contributed by atoms with Crippen LogP contribution in [0.3, 0.4) is 0 Å². The first-order chi connectivity index (χ1) is 20.0. The average Bonchev–Trinajstić information content (AvgIpc) is 3.02. The van der Waals surface area contributed by atoms with E-state index < -0.39 is 28.5 Å². The molecule has 0 heterocycles. The summed E-state index contributed by atoms with van der Waals surface area (Å²) in [4.78, 5) is 28.7. The summed E-state index contributed by atoms with van der Waals surface area (Å²) in [6, 6.07) is 18.6. The van der Waals surface area contributed by atoms with Gasteiger partial charge in [0.25, 0.3) is 10.0 Å². The number of nitrogens with zero attached hydrogens (tertiary/aromatic N) is 2. The molecule has 3 rings (SSSR count). The lowest BCUT2D eigenvalue weighted by atomic mass is 10.1. The van der Waals surface area contributed by atoms with E-state index in [-0.39, 0.29) is 34.8 Å². The van der Waals surface area contributed by atoms with Crippen molar-refractivity contribution in [3.63, 3.8) is 0 Å². The van der Waals surface area contributed by atoms with Crippen molar-refractivity contribution in [3.05, 3.63) is 78.4 Å². The molecule has 2 unspecified atom stereocenters. The molecule has 0 fully saturated rings. The van der Waals surface area contributed by atoms with E-state index in [1.54, 1.807) is 68.6 Å². The Balaban J connectivity index is 2.09. The number of anilines is 1. The molecule has 3 aromatic carbocycles.